The highest BCUT2D eigenvalue weighted by Gasteiger charge is 2.23. The summed E-state index contributed by atoms with van der Waals surface area (Å²) in [4.78, 5) is 47.0. The summed E-state index contributed by atoms with van der Waals surface area (Å²) in [6.07, 6.45) is 13.1. The molecular formula is C24H46ClN3O6. The summed E-state index contributed by atoms with van der Waals surface area (Å²) < 4.78 is 5.37. The number of nitrogens with zero attached hydrogens (tertiary/aromatic N) is 1. The fourth-order valence-corrected chi connectivity index (χ4v) is 3.33. The minimum absolute atomic E-state index is 0. The Bertz CT molecular complexity index is 596. The first-order valence-corrected chi connectivity index (χ1v) is 12.3. The first kappa shape index (κ1) is 34.1. The number of carboxylic acid groups (broad SMARTS) is 1. The maximum atomic E-state index is 12.4. The van der Waals surface area contributed by atoms with E-state index in [1.54, 1.807) is 20.8 Å². The van der Waals surface area contributed by atoms with Gasteiger partial charge in [-0.15, -0.1) is 12.4 Å². The van der Waals surface area contributed by atoms with Crippen LogP contribution in [0.5, 0.6) is 0 Å². The number of unbranched alkanes of at least 4 members (excludes halogenated alkanes) is 11. The van der Waals surface area contributed by atoms with Crippen molar-refractivity contribution in [2.75, 3.05) is 19.6 Å². The van der Waals surface area contributed by atoms with Crippen LogP contribution in [-0.4, -0.2) is 59.1 Å². The number of carboxylic acids is 1. The van der Waals surface area contributed by atoms with E-state index in [4.69, 9.17) is 15.6 Å². The molecule has 0 aliphatic rings. The topological polar surface area (TPSA) is 139 Å². The van der Waals surface area contributed by atoms with E-state index in [-0.39, 0.29) is 24.9 Å². The van der Waals surface area contributed by atoms with Crippen LogP contribution >= 0.6 is 12.4 Å². The van der Waals surface area contributed by atoms with Gasteiger partial charge in [-0.3, -0.25) is 19.3 Å². The second kappa shape index (κ2) is 20.4. The van der Waals surface area contributed by atoms with Crippen molar-refractivity contribution in [1.29, 1.82) is 0 Å². The van der Waals surface area contributed by atoms with E-state index in [9.17, 15) is 19.2 Å². The summed E-state index contributed by atoms with van der Waals surface area (Å²) in [6, 6.07) is 0. The molecule has 0 aromatic carbocycles. The Balaban J connectivity index is 0. The van der Waals surface area contributed by atoms with Crippen LogP contribution in [0.2, 0.25) is 0 Å². The Morgan fingerprint density at radius 1 is 0.824 bits per heavy atom. The number of hydrogen-bond acceptors (Lipinski definition) is 5. The van der Waals surface area contributed by atoms with Gasteiger partial charge in [-0.2, -0.15) is 0 Å². The van der Waals surface area contributed by atoms with Crippen LogP contribution in [0.25, 0.3) is 0 Å². The van der Waals surface area contributed by atoms with Gasteiger partial charge in [0.1, 0.15) is 18.7 Å². The number of nitrogens with two attached hydrogens (primary N) is 1. The molecule has 0 heterocycles. The highest BCUT2D eigenvalue weighted by atomic mass is 35.5. The van der Waals surface area contributed by atoms with Crippen molar-refractivity contribution in [2.24, 2.45) is 5.73 Å². The largest absolute Gasteiger partial charge is 0.480 e. The normalized spacial score (nSPS) is 10.8. The van der Waals surface area contributed by atoms with Gasteiger partial charge < -0.3 is 20.9 Å². The van der Waals surface area contributed by atoms with E-state index in [2.05, 4.69) is 5.32 Å². The summed E-state index contributed by atoms with van der Waals surface area (Å²) in [6.45, 7) is 4.99. The van der Waals surface area contributed by atoms with Crippen molar-refractivity contribution in [3.8, 4) is 0 Å². The Morgan fingerprint density at radius 3 is 1.68 bits per heavy atom. The van der Waals surface area contributed by atoms with Crippen molar-refractivity contribution >= 4 is 36.3 Å². The fourth-order valence-electron chi connectivity index (χ4n) is 3.33. The van der Waals surface area contributed by atoms with Crippen LogP contribution in [0.4, 0.5) is 4.79 Å². The van der Waals surface area contributed by atoms with Gasteiger partial charge in [0.2, 0.25) is 11.8 Å². The molecule has 0 saturated heterocycles. The number of primary amides is 1. The number of nitrogens with one attached hydrogen (secondary N) is 1. The lowest BCUT2D eigenvalue weighted by molar-refractivity contribution is -0.138. The second-order valence-corrected chi connectivity index (χ2v) is 9.53. The predicted octanol–water partition coefficient (Wildman–Crippen LogP) is 4.40. The number of carbonyl (C=O) groups excluding carboxylic acids is 3. The maximum Gasteiger partial charge on any atom is 0.410 e. The molecule has 0 atom stereocenters. The molecule has 0 spiro atoms. The third-order valence-electron chi connectivity index (χ3n) is 5.02. The highest BCUT2D eigenvalue weighted by Crippen LogP contribution is 2.14. The molecule has 10 heteroatoms. The number of ether oxygens (including phenoxy) is 1. The molecule has 0 rings (SSSR count). The van der Waals surface area contributed by atoms with Crippen LogP contribution in [0, 0.1) is 0 Å². The molecule has 0 fully saturated rings. The summed E-state index contributed by atoms with van der Waals surface area (Å²) >= 11 is 0. The molecule has 9 nitrogen and oxygen atoms in total. The van der Waals surface area contributed by atoms with Crippen LogP contribution in [0.1, 0.15) is 104 Å². The zero-order chi connectivity index (χ0) is 25.1. The Hall–Kier alpha value is -2.03. The van der Waals surface area contributed by atoms with Crippen molar-refractivity contribution in [3.05, 3.63) is 0 Å². The van der Waals surface area contributed by atoms with Crippen molar-refractivity contribution < 1.29 is 29.0 Å². The molecule has 0 aromatic rings. The highest BCUT2D eigenvalue weighted by molar-refractivity contribution is 5.85. The minimum Gasteiger partial charge on any atom is -0.480 e. The van der Waals surface area contributed by atoms with Crippen LogP contribution in [-0.2, 0) is 19.1 Å². The van der Waals surface area contributed by atoms with Crippen molar-refractivity contribution in [1.82, 2.24) is 10.2 Å². The average molecular weight is 508 g/mol. The number of carbonyl (C=O) groups is 4. The van der Waals surface area contributed by atoms with E-state index in [1.165, 1.54) is 37.0 Å². The van der Waals surface area contributed by atoms with E-state index in [0.717, 1.165) is 44.9 Å². The van der Waals surface area contributed by atoms with Gasteiger partial charge in [0, 0.05) is 13.0 Å². The van der Waals surface area contributed by atoms with Gasteiger partial charge in [0.25, 0.3) is 0 Å². The quantitative estimate of drug-likeness (QED) is 0.221. The first-order chi connectivity index (χ1) is 15.5. The van der Waals surface area contributed by atoms with Crippen molar-refractivity contribution in [3.63, 3.8) is 0 Å². The molecule has 4 N–H and O–H groups in total. The van der Waals surface area contributed by atoms with Gasteiger partial charge in [0.15, 0.2) is 0 Å². The van der Waals surface area contributed by atoms with Crippen molar-refractivity contribution in [2.45, 2.75) is 110 Å². The lowest BCUT2D eigenvalue weighted by Crippen LogP contribution is -2.44. The molecule has 34 heavy (non-hydrogen) atoms. The van der Waals surface area contributed by atoms with Gasteiger partial charge in [-0.25, -0.2) is 4.79 Å². The van der Waals surface area contributed by atoms with Gasteiger partial charge in [-0.05, 0) is 33.6 Å². The SMILES string of the molecule is CC(C)(C)OC(=O)N(CCCCCCCCCCCCCCC(N)=O)CC(=O)NCC(=O)O.Cl. The van der Waals surface area contributed by atoms with Gasteiger partial charge in [-0.1, -0.05) is 64.2 Å². The fraction of sp³-hybridized carbons (Fsp3) is 0.833. The standard InChI is InChI=1S/C24H45N3O6.ClH/c1-24(2,3)33-23(32)27(19-21(29)26-18-22(30)31)17-15-13-11-9-7-5-4-6-8-10-12-14-16-20(25)28;/h4-19H2,1-3H3,(H2,25,28)(H,26,29)(H,30,31);1H. The molecule has 3 amide bonds. The number of rotatable bonds is 19. The average Bonchev–Trinajstić information content (AvgIpc) is 2.70. The second-order valence-electron chi connectivity index (χ2n) is 9.53. The molecule has 0 saturated carbocycles. The zero-order valence-electron chi connectivity index (χ0n) is 21.2. The van der Waals surface area contributed by atoms with Crippen LogP contribution < -0.4 is 11.1 Å². The molecule has 0 radical (unpaired) electrons. The van der Waals surface area contributed by atoms with Crippen LogP contribution in [0.3, 0.4) is 0 Å². The monoisotopic (exact) mass is 507 g/mol. The Morgan fingerprint density at radius 2 is 1.26 bits per heavy atom. The smallest absolute Gasteiger partial charge is 0.410 e. The van der Waals surface area contributed by atoms with E-state index in [1.807, 2.05) is 0 Å². The third kappa shape index (κ3) is 23.1. The lowest BCUT2D eigenvalue weighted by atomic mass is 10.0. The summed E-state index contributed by atoms with van der Waals surface area (Å²) in [7, 11) is 0. The van der Waals surface area contributed by atoms with E-state index in [0.29, 0.717) is 13.0 Å². The molecule has 0 bridgehead atoms. The van der Waals surface area contributed by atoms with E-state index < -0.39 is 30.1 Å². The molecular weight excluding hydrogens is 462 g/mol. The molecule has 0 aromatic heterocycles. The van der Waals surface area contributed by atoms with Gasteiger partial charge >= 0.3 is 12.1 Å². The summed E-state index contributed by atoms with van der Waals surface area (Å²) in [5.41, 5.74) is 4.45. The molecule has 200 valence electrons. The molecule has 0 aliphatic carbocycles. The van der Waals surface area contributed by atoms with E-state index >= 15 is 0 Å². The van der Waals surface area contributed by atoms with Crippen LogP contribution in [0.15, 0.2) is 0 Å². The summed E-state index contributed by atoms with van der Waals surface area (Å²) in [5.74, 6) is -1.86. The van der Waals surface area contributed by atoms with Gasteiger partial charge in [0.05, 0.1) is 0 Å². The lowest BCUT2D eigenvalue weighted by Gasteiger charge is -2.27. The summed E-state index contributed by atoms with van der Waals surface area (Å²) in [5, 5.41) is 11.0. The zero-order valence-corrected chi connectivity index (χ0v) is 22.1. The molecule has 0 aliphatic heterocycles. The number of aliphatic carboxylic acids is 1. The number of amides is 3. The number of hydrogen-bond donors (Lipinski definition) is 3. The third-order valence-corrected chi connectivity index (χ3v) is 5.02. The molecule has 0 unspecified atom stereocenters. The minimum atomic E-state index is -1.13. The Kier molecular flexibility index (Phi) is 20.4. The Labute approximate surface area is 210 Å². The first-order valence-electron chi connectivity index (χ1n) is 12.3. The predicted molar refractivity (Wildman–Crippen MR) is 135 cm³/mol. The number of halogens is 1. The maximum absolute atomic E-state index is 12.4.